The molecular formula is C20H28N4OS. The van der Waals surface area contributed by atoms with Gasteiger partial charge in [0.05, 0.1) is 5.75 Å². The van der Waals surface area contributed by atoms with Gasteiger partial charge in [-0.3, -0.25) is 4.79 Å². The average Bonchev–Trinajstić information content (AvgIpc) is 3.05. The highest BCUT2D eigenvalue weighted by Gasteiger charge is 2.20. The van der Waals surface area contributed by atoms with Gasteiger partial charge in [0.25, 0.3) is 0 Å². The highest BCUT2D eigenvalue weighted by molar-refractivity contribution is 7.99. The third-order valence-electron chi connectivity index (χ3n) is 5.13. The van der Waals surface area contributed by atoms with Gasteiger partial charge < -0.3 is 9.88 Å². The Morgan fingerprint density at radius 3 is 2.65 bits per heavy atom. The van der Waals surface area contributed by atoms with Crippen LogP contribution in [0.3, 0.4) is 0 Å². The van der Waals surface area contributed by atoms with Gasteiger partial charge in [0, 0.05) is 18.2 Å². The molecule has 1 fully saturated rings. The molecule has 1 heterocycles. The average molecular weight is 373 g/mol. The standard InChI is InChI=1S/C20H28N4OS/c1-4-24-19(17-8-6-5-7-15(17)3)22-23-20(24)26-13-18(25)21-16-11-9-14(2)10-12-16/h5-8,14,16H,4,9-13H2,1-3H3,(H,21,25). The molecule has 2 aromatic rings. The van der Waals surface area contributed by atoms with Crippen molar-refractivity contribution in [1.82, 2.24) is 20.1 Å². The van der Waals surface area contributed by atoms with Crippen molar-refractivity contribution >= 4 is 17.7 Å². The maximum atomic E-state index is 12.3. The van der Waals surface area contributed by atoms with Gasteiger partial charge >= 0.3 is 0 Å². The number of amides is 1. The highest BCUT2D eigenvalue weighted by atomic mass is 32.2. The zero-order valence-corrected chi connectivity index (χ0v) is 16.7. The van der Waals surface area contributed by atoms with E-state index in [1.165, 1.54) is 30.2 Å². The lowest BCUT2D eigenvalue weighted by Crippen LogP contribution is -2.38. The van der Waals surface area contributed by atoms with Gasteiger partial charge in [0.15, 0.2) is 11.0 Å². The van der Waals surface area contributed by atoms with E-state index < -0.39 is 0 Å². The summed E-state index contributed by atoms with van der Waals surface area (Å²) in [7, 11) is 0. The lowest BCUT2D eigenvalue weighted by atomic mass is 9.87. The SMILES string of the molecule is CCn1c(SCC(=O)NC2CCC(C)CC2)nnc1-c1ccccc1C. The number of thioether (sulfide) groups is 1. The smallest absolute Gasteiger partial charge is 0.230 e. The number of benzene rings is 1. The van der Waals surface area contributed by atoms with E-state index in [0.29, 0.717) is 11.8 Å². The Bertz CT molecular complexity index is 750. The van der Waals surface area contributed by atoms with Crippen LogP contribution < -0.4 is 5.32 Å². The van der Waals surface area contributed by atoms with Crippen LogP contribution in [0.5, 0.6) is 0 Å². The summed E-state index contributed by atoms with van der Waals surface area (Å²) in [6.45, 7) is 7.23. The fourth-order valence-electron chi connectivity index (χ4n) is 3.51. The topological polar surface area (TPSA) is 59.8 Å². The van der Waals surface area contributed by atoms with Gasteiger partial charge in [-0.2, -0.15) is 0 Å². The van der Waals surface area contributed by atoms with Crippen LogP contribution in [0.2, 0.25) is 0 Å². The summed E-state index contributed by atoms with van der Waals surface area (Å²) < 4.78 is 2.09. The zero-order chi connectivity index (χ0) is 18.5. The number of hydrogen-bond donors (Lipinski definition) is 1. The fourth-order valence-corrected chi connectivity index (χ4v) is 4.32. The molecule has 1 N–H and O–H groups in total. The van der Waals surface area contributed by atoms with E-state index >= 15 is 0 Å². The lowest BCUT2D eigenvalue weighted by molar-refractivity contribution is -0.119. The van der Waals surface area contributed by atoms with Crippen molar-refractivity contribution in [2.75, 3.05) is 5.75 Å². The van der Waals surface area contributed by atoms with Crippen LogP contribution in [0.4, 0.5) is 0 Å². The minimum atomic E-state index is 0.0950. The first kappa shape index (κ1) is 19.0. The maximum absolute atomic E-state index is 12.3. The second-order valence-electron chi connectivity index (χ2n) is 7.18. The molecule has 140 valence electrons. The molecule has 0 bridgehead atoms. The van der Waals surface area contributed by atoms with E-state index in [0.717, 1.165) is 41.8 Å². The molecule has 0 aliphatic heterocycles. The Labute approximate surface area is 160 Å². The monoisotopic (exact) mass is 372 g/mol. The molecule has 5 nitrogen and oxygen atoms in total. The molecule has 1 amide bonds. The summed E-state index contributed by atoms with van der Waals surface area (Å²) in [5.74, 6) is 2.14. The summed E-state index contributed by atoms with van der Waals surface area (Å²) in [6, 6.07) is 8.53. The molecule has 26 heavy (non-hydrogen) atoms. The highest BCUT2D eigenvalue weighted by Crippen LogP contribution is 2.27. The number of nitrogens with one attached hydrogen (secondary N) is 1. The number of nitrogens with zero attached hydrogens (tertiary/aromatic N) is 3. The van der Waals surface area contributed by atoms with E-state index in [9.17, 15) is 4.79 Å². The Kier molecular flexibility index (Phi) is 6.35. The van der Waals surface area contributed by atoms with Crippen LogP contribution in [0.25, 0.3) is 11.4 Å². The van der Waals surface area contributed by atoms with E-state index in [2.05, 4.69) is 53.0 Å². The summed E-state index contributed by atoms with van der Waals surface area (Å²) in [4.78, 5) is 12.3. The quantitative estimate of drug-likeness (QED) is 0.777. The molecule has 1 saturated carbocycles. The number of aromatic nitrogens is 3. The van der Waals surface area contributed by atoms with Crippen molar-refractivity contribution in [3.05, 3.63) is 29.8 Å². The molecule has 1 aliphatic rings. The molecule has 6 heteroatoms. The number of hydrogen-bond acceptors (Lipinski definition) is 4. The zero-order valence-electron chi connectivity index (χ0n) is 15.9. The normalized spacial score (nSPS) is 20.1. The largest absolute Gasteiger partial charge is 0.353 e. The second-order valence-corrected chi connectivity index (χ2v) is 8.12. The first-order chi connectivity index (χ1) is 12.6. The Morgan fingerprint density at radius 2 is 1.96 bits per heavy atom. The fraction of sp³-hybridized carbons (Fsp3) is 0.550. The third kappa shape index (κ3) is 4.47. The number of rotatable bonds is 6. The van der Waals surface area contributed by atoms with Crippen molar-refractivity contribution in [2.24, 2.45) is 5.92 Å². The van der Waals surface area contributed by atoms with Gasteiger partial charge in [-0.05, 0) is 51.0 Å². The molecule has 0 radical (unpaired) electrons. The summed E-state index contributed by atoms with van der Waals surface area (Å²) in [5, 5.41) is 12.7. The van der Waals surface area contributed by atoms with Crippen LogP contribution >= 0.6 is 11.8 Å². The van der Waals surface area contributed by atoms with Crippen LogP contribution in [0, 0.1) is 12.8 Å². The Morgan fingerprint density at radius 1 is 1.23 bits per heavy atom. The van der Waals surface area contributed by atoms with Crippen LogP contribution in [-0.4, -0.2) is 32.5 Å². The molecule has 1 aliphatic carbocycles. The molecular weight excluding hydrogens is 344 g/mol. The number of aryl methyl sites for hydroxylation is 1. The summed E-state index contributed by atoms with van der Waals surface area (Å²) in [5.41, 5.74) is 2.27. The van der Waals surface area contributed by atoms with E-state index in [1.54, 1.807) is 0 Å². The van der Waals surface area contributed by atoms with E-state index in [4.69, 9.17) is 0 Å². The molecule has 3 rings (SSSR count). The van der Waals surface area contributed by atoms with Gasteiger partial charge in [-0.25, -0.2) is 0 Å². The maximum Gasteiger partial charge on any atom is 0.230 e. The second kappa shape index (κ2) is 8.71. The van der Waals surface area contributed by atoms with Crippen molar-refractivity contribution in [3.8, 4) is 11.4 Å². The van der Waals surface area contributed by atoms with Gasteiger partial charge in [0.1, 0.15) is 0 Å². The number of carbonyl (C=O) groups is 1. The van der Waals surface area contributed by atoms with Crippen molar-refractivity contribution < 1.29 is 4.79 Å². The van der Waals surface area contributed by atoms with Crippen molar-refractivity contribution in [3.63, 3.8) is 0 Å². The first-order valence-corrected chi connectivity index (χ1v) is 10.5. The van der Waals surface area contributed by atoms with Crippen molar-refractivity contribution in [1.29, 1.82) is 0 Å². The minimum Gasteiger partial charge on any atom is -0.353 e. The molecule has 0 unspecified atom stereocenters. The van der Waals surface area contributed by atoms with E-state index in [1.807, 2.05) is 12.1 Å². The van der Waals surface area contributed by atoms with Crippen LogP contribution in [-0.2, 0) is 11.3 Å². The Hall–Kier alpha value is -1.82. The summed E-state index contributed by atoms with van der Waals surface area (Å²) >= 11 is 1.47. The van der Waals surface area contributed by atoms with E-state index in [-0.39, 0.29) is 5.91 Å². The molecule has 0 spiro atoms. The predicted molar refractivity (Wildman–Crippen MR) is 106 cm³/mol. The van der Waals surface area contributed by atoms with Gasteiger partial charge in [-0.1, -0.05) is 43.0 Å². The van der Waals surface area contributed by atoms with Crippen LogP contribution in [0.1, 0.15) is 45.1 Å². The third-order valence-corrected chi connectivity index (χ3v) is 6.10. The summed E-state index contributed by atoms with van der Waals surface area (Å²) in [6.07, 6.45) is 4.62. The van der Waals surface area contributed by atoms with Gasteiger partial charge in [0.2, 0.25) is 5.91 Å². The van der Waals surface area contributed by atoms with Crippen molar-refractivity contribution in [2.45, 2.75) is 64.2 Å². The molecule has 0 saturated heterocycles. The minimum absolute atomic E-state index is 0.0950. The predicted octanol–water partition coefficient (Wildman–Crippen LogP) is 4.06. The lowest BCUT2D eigenvalue weighted by Gasteiger charge is -2.26. The molecule has 0 atom stereocenters. The van der Waals surface area contributed by atoms with Crippen LogP contribution in [0.15, 0.2) is 29.4 Å². The molecule has 1 aromatic heterocycles. The molecule has 1 aromatic carbocycles. The first-order valence-electron chi connectivity index (χ1n) is 9.49. The Balaban J connectivity index is 1.62. The number of carbonyl (C=O) groups excluding carboxylic acids is 1. The van der Waals surface area contributed by atoms with Gasteiger partial charge in [-0.15, -0.1) is 10.2 Å².